The molecule has 0 aromatic heterocycles. The average Bonchev–Trinajstić information content (AvgIpc) is 2.16. The van der Waals surface area contributed by atoms with E-state index in [1.54, 1.807) is 18.2 Å². The van der Waals surface area contributed by atoms with Crippen molar-refractivity contribution in [2.24, 2.45) is 5.73 Å². The number of nitrogens with two attached hydrogens (primary N) is 1. The highest BCUT2D eigenvalue weighted by molar-refractivity contribution is 5.94. The van der Waals surface area contributed by atoms with E-state index in [0.717, 1.165) is 5.56 Å². The summed E-state index contributed by atoms with van der Waals surface area (Å²) in [5, 5.41) is 0. The van der Waals surface area contributed by atoms with Gasteiger partial charge in [0.2, 0.25) is 0 Å². The number of benzene rings is 1. The molecular weight excluding hydrogens is 181 g/mol. The number of hydrogen-bond acceptors (Lipinski definition) is 2. The van der Waals surface area contributed by atoms with Crippen LogP contribution in [0.15, 0.2) is 24.3 Å². The molecule has 1 aromatic rings. The SMILES string of the molecule is CC(=O)c1cc(C=CCN)ccc1F. The van der Waals surface area contributed by atoms with Gasteiger partial charge in [-0.05, 0) is 24.6 Å². The molecule has 0 saturated heterocycles. The minimum Gasteiger partial charge on any atom is -0.327 e. The molecule has 14 heavy (non-hydrogen) atoms. The first-order valence-corrected chi connectivity index (χ1v) is 4.32. The predicted molar refractivity (Wildman–Crippen MR) is 54.5 cm³/mol. The smallest absolute Gasteiger partial charge is 0.162 e. The van der Waals surface area contributed by atoms with Crippen LogP contribution in [0, 0.1) is 5.82 Å². The first-order chi connectivity index (χ1) is 6.65. The molecular formula is C11H12FNO. The van der Waals surface area contributed by atoms with E-state index >= 15 is 0 Å². The Hall–Kier alpha value is -1.48. The highest BCUT2D eigenvalue weighted by atomic mass is 19.1. The van der Waals surface area contributed by atoms with E-state index in [2.05, 4.69) is 0 Å². The summed E-state index contributed by atoms with van der Waals surface area (Å²) >= 11 is 0. The normalized spacial score (nSPS) is 10.8. The van der Waals surface area contributed by atoms with Crippen molar-refractivity contribution in [3.63, 3.8) is 0 Å². The van der Waals surface area contributed by atoms with Crippen LogP contribution in [0.5, 0.6) is 0 Å². The van der Waals surface area contributed by atoms with Crippen LogP contribution in [0.2, 0.25) is 0 Å². The largest absolute Gasteiger partial charge is 0.327 e. The maximum Gasteiger partial charge on any atom is 0.162 e. The number of hydrogen-bond donors (Lipinski definition) is 1. The van der Waals surface area contributed by atoms with Crippen molar-refractivity contribution < 1.29 is 9.18 Å². The second-order valence-corrected chi connectivity index (χ2v) is 2.93. The van der Waals surface area contributed by atoms with Gasteiger partial charge in [0.25, 0.3) is 0 Å². The lowest BCUT2D eigenvalue weighted by Gasteiger charge is -1.99. The van der Waals surface area contributed by atoms with Gasteiger partial charge in [0.1, 0.15) is 5.82 Å². The predicted octanol–water partition coefficient (Wildman–Crippen LogP) is 2.00. The van der Waals surface area contributed by atoms with Gasteiger partial charge in [-0.3, -0.25) is 4.79 Å². The molecule has 0 spiro atoms. The standard InChI is InChI=1S/C11H12FNO/c1-8(14)10-7-9(3-2-6-13)4-5-11(10)12/h2-5,7H,6,13H2,1H3. The van der Waals surface area contributed by atoms with Crippen molar-refractivity contribution >= 4 is 11.9 Å². The molecule has 0 amide bonds. The van der Waals surface area contributed by atoms with E-state index < -0.39 is 5.82 Å². The Balaban J connectivity index is 3.06. The molecule has 1 rings (SSSR count). The highest BCUT2D eigenvalue weighted by Crippen LogP contribution is 2.12. The Morgan fingerprint density at radius 3 is 2.86 bits per heavy atom. The van der Waals surface area contributed by atoms with Gasteiger partial charge < -0.3 is 5.73 Å². The van der Waals surface area contributed by atoms with E-state index in [9.17, 15) is 9.18 Å². The Morgan fingerprint density at radius 1 is 1.57 bits per heavy atom. The topological polar surface area (TPSA) is 43.1 Å². The molecule has 0 saturated carbocycles. The third-order valence-electron chi connectivity index (χ3n) is 1.82. The van der Waals surface area contributed by atoms with Gasteiger partial charge >= 0.3 is 0 Å². The summed E-state index contributed by atoms with van der Waals surface area (Å²) in [7, 11) is 0. The van der Waals surface area contributed by atoms with E-state index in [1.807, 2.05) is 0 Å². The molecule has 74 valence electrons. The Morgan fingerprint density at radius 2 is 2.29 bits per heavy atom. The zero-order chi connectivity index (χ0) is 10.6. The summed E-state index contributed by atoms with van der Waals surface area (Å²) in [5.41, 5.74) is 6.17. The van der Waals surface area contributed by atoms with E-state index in [1.165, 1.54) is 19.1 Å². The van der Waals surface area contributed by atoms with E-state index in [4.69, 9.17) is 5.73 Å². The van der Waals surface area contributed by atoms with Crippen LogP contribution >= 0.6 is 0 Å². The molecule has 0 radical (unpaired) electrons. The first-order valence-electron chi connectivity index (χ1n) is 4.32. The Bertz CT molecular complexity index is 372. The van der Waals surface area contributed by atoms with Gasteiger partial charge in [0.05, 0.1) is 5.56 Å². The summed E-state index contributed by atoms with van der Waals surface area (Å²) < 4.78 is 13.1. The molecule has 0 heterocycles. The van der Waals surface area contributed by atoms with Gasteiger partial charge in [0, 0.05) is 6.54 Å². The number of carbonyl (C=O) groups excluding carboxylic acids is 1. The van der Waals surface area contributed by atoms with Gasteiger partial charge in [-0.1, -0.05) is 18.2 Å². The first kappa shape index (κ1) is 10.6. The minimum atomic E-state index is -0.484. The average molecular weight is 193 g/mol. The number of halogens is 1. The number of rotatable bonds is 3. The van der Waals surface area contributed by atoms with Crippen LogP contribution in [-0.2, 0) is 0 Å². The van der Waals surface area contributed by atoms with Gasteiger partial charge in [0.15, 0.2) is 5.78 Å². The monoisotopic (exact) mass is 193 g/mol. The minimum absolute atomic E-state index is 0.115. The van der Waals surface area contributed by atoms with Gasteiger partial charge in [-0.2, -0.15) is 0 Å². The molecule has 1 aromatic carbocycles. The number of ketones is 1. The lowest BCUT2D eigenvalue weighted by Crippen LogP contribution is -1.97. The molecule has 2 nitrogen and oxygen atoms in total. The van der Waals surface area contributed by atoms with Crippen LogP contribution < -0.4 is 5.73 Å². The third-order valence-corrected chi connectivity index (χ3v) is 1.82. The molecule has 2 N–H and O–H groups in total. The van der Waals surface area contributed by atoms with Crippen molar-refractivity contribution in [1.29, 1.82) is 0 Å². The zero-order valence-electron chi connectivity index (χ0n) is 7.96. The number of Topliss-reactive ketones (excluding diaryl/α,β-unsaturated/α-hetero) is 1. The van der Waals surface area contributed by atoms with Crippen molar-refractivity contribution in [3.05, 3.63) is 41.2 Å². The second-order valence-electron chi connectivity index (χ2n) is 2.93. The second kappa shape index (κ2) is 4.67. The highest BCUT2D eigenvalue weighted by Gasteiger charge is 2.06. The summed E-state index contributed by atoms with van der Waals surface area (Å²) in [5.74, 6) is -0.757. The van der Waals surface area contributed by atoms with Crippen molar-refractivity contribution in [1.82, 2.24) is 0 Å². The zero-order valence-corrected chi connectivity index (χ0v) is 7.96. The van der Waals surface area contributed by atoms with Crippen molar-refractivity contribution in [3.8, 4) is 0 Å². The van der Waals surface area contributed by atoms with Crippen LogP contribution in [0.25, 0.3) is 6.08 Å². The fourth-order valence-electron chi connectivity index (χ4n) is 1.12. The lowest BCUT2D eigenvalue weighted by atomic mass is 10.1. The molecule has 0 aliphatic rings. The maximum atomic E-state index is 13.1. The Labute approximate surface area is 82.2 Å². The summed E-state index contributed by atoms with van der Waals surface area (Å²) in [6, 6.07) is 4.41. The quantitative estimate of drug-likeness (QED) is 0.746. The lowest BCUT2D eigenvalue weighted by molar-refractivity contribution is 0.101. The van der Waals surface area contributed by atoms with Crippen LogP contribution in [0.1, 0.15) is 22.8 Å². The van der Waals surface area contributed by atoms with Crippen LogP contribution in [0.4, 0.5) is 4.39 Å². The van der Waals surface area contributed by atoms with Crippen LogP contribution in [0.3, 0.4) is 0 Å². The fourth-order valence-corrected chi connectivity index (χ4v) is 1.12. The Kier molecular flexibility index (Phi) is 3.54. The van der Waals surface area contributed by atoms with Gasteiger partial charge in [-0.25, -0.2) is 4.39 Å². The molecule has 0 atom stereocenters. The fraction of sp³-hybridized carbons (Fsp3) is 0.182. The van der Waals surface area contributed by atoms with Gasteiger partial charge in [-0.15, -0.1) is 0 Å². The van der Waals surface area contributed by atoms with Crippen molar-refractivity contribution in [2.45, 2.75) is 6.92 Å². The number of carbonyl (C=O) groups is 1. The van der Waals surface area contributed by atoms with Crippen molar-refractivity contribution in [2.75, 3.05) is 6.54 Å². The third kappa shape index (κ3) is 2.50. The molecule has 0 fully saturated rings. The van der Waals surface area contributed by atoms with E-state index in [-0.39, 0.29) is 11.3 Å². The maximum absolute atomic E-state index is 13.1. The summed E-state index contributed by atoms with van der Waals surface area (Å²) in [6.45, 7) is 1.77. The van der Waals surface area contributed by atoms with E-state index in [0.29, 0.717) is 6.54 Å². The summed E-state index contributed by atoms with van der Waals surface area (Å²) in [6.07, 6.45) is 3.50. The summed E-state index contributed by atoms with van der Waals surface area (Å²) in [4.78, 5) is 11.0. The molecule has 0 unspecified atom stereocenters. The molecule has 0 aliphatic heterocycles. The molecule has 0 aliphatic carbocycles. The van der Waals surface area contributed by atoms with Crippen LogP contribution in [-0.4, -0.2) is 12.3 Å². The molecule has 3 heteroatoms. The molecule has 0 bridgehead atoms.